The first-order valence-corrected chi connectivity index (χ1v) is 8.60. The van der Waals surface area contributed by atoms with E-state index in [1.807, 2.05) is 19.9 Å². The summed E-state index contributed by atoms with van der Waals surface area (Å²) >= 11 is 0. The Labute approximate surface area is 161 Å². The molecule has 3 aromatic rings. The lowest BCUT2D eigenvalue weighted by atomic mass is 10.2. The first-order chi connectivity index (χ1) is 13.5. The lowest BCUT2D eigenvalue weighted by Gasteiger charge is -2.10. The summed E-state index contributed by atoms with van der Waals surface area (Å²) < 4.78 is 15.9. The topological polar surface area (TPSA) is 75.5 Å². The zero-order valence-electron chi connectivity index (χ0n) is 15.4. The molecule has 142 valence electrons. The van der Waals surface area contributed by atoms with Crippen molar-refractivity contribution in [1.82, 2.24) is 9.99 Å². The van der Waals surface area contributed by atoms with E-state index in [1.54, 1.807) is 53.1 Å². The van der Waals surface area contributed by atoms with Crippen LogP contribution < -0.4 is 10.7 Å². The van der Waals surface area contributed by atoms with Crippen molar-refractivity contribution < 1.29 is 14.0 Å². The van der Waals surface area contributed by atoms with E-state index in [0.29, 0.717) is 16.9 Å². The molecule has 6 nitrogen and oxygen atoms in total. The van der Waals surface area contributed by atoms with E-state index < -0.39 is 11.8 Å². The fourth-order valence-corrected chi connectivity index (χ4v) is 2.84. The van der Waals surface area contributed by atoms with Gasteiger partial charge < -0.3 is 9.88 Å². The van der Waals surface area contributed by atoms with E-state index in [9.17, 15) is 14.0 Å². The molecule has 0 aliphatic carbocycles. The van der Waals surface area contributed by atoms with E-state index >= 15 is 0 Å². The van der Waals surface area contributed by atoms with Crippen LogP contribution in [0.5, 0.6) is 0 Å². The van der Waals surface area contributed by atoms with E-state index in [-0.39, 0.29) is 5.82 Å². The van der Waals surface area contributed by atoms with Crippen LogP contribution in [0.1, 0.15) is 17.0 Å². The van der Waals surface area contributed by atoms with Crippen molar-refractivity contribution in [3.8, 4) is 5.69 Å². The highest BCUT2D eigenvalue weighted by molar-refractivity contribution is 6.39. The average Bonchev–Trinajstić information content (AvgIpc) is 2.96. The third-order valence-electron chi connectivity index (χ3n) is 4.17. The largest absolute Gasteiger partial charge is 0.329 e. The number of aromatic nitrogens is 1. The fraction of sp³-hybridized carbons (Fsp3) is 0.0952. The molecule has 2 amide bonds. The molecule has 0 spiro atoms. The highest BCUT2D eigenvalue weighted by atomic mass is 19.1. The second kappa shape index (κ2) is 8.30. The summed E-state index contributed by atoms with van der Waals surface area (Å²) in [5.74, 6) is -2.04. The zero-order chi connectivity index (χ0) is 20.1. The second-order valence-corrected chi connectivity index (χ2v) is 6.13. The minimum Gasteiger partial charge on any atom is -0.318 e. The van der Waals surface area contributed by atoms with Gasteiger partial charge in [0, 0.05) is 22.6 Å². The Bertz CT molecular complexity index is 1040. The summed E-state index contributed by atoms with van der Waals surface area (Å²) in [6.07, 6.45) is 1.42. The minimum atomic E-state index is -0.886. The maximum Gasteiger partial charge on any atom is 0.329 e. The summed E-state index contributed by atoms with van der Waals surface area (Å²) in [5, 5.41) is 6.32. The van der Waals surface area contributed by atoms with E-state index in [1.165, 1.54) is 12.3 Å². The molecule has 0 saturated heterocycles. The molecule has 0 radical (unpaired) electrons. The summed E-state index contributed by atoms with van der Waals surface area (Å²) in [4.78, 5) is 23.7. The quantitative estimate of drug-likeness (QED) is 0.415. The molecule has 0 fully saturated rings. The van der Waals surface area contributed by atoms with E-state index in [2.05, 4.69) is 15.8 Å². The van der Waals surface area contributed by atoms with Crippen molar-refractivity contribution in [3.63, 3.8) is 0 Å². The van der Waals surface area contributed by atoms with Crippen molar-refractivity contribution in [2.75, 3.05) is 5.32 Å². The molecule has 0 saturated carbocycles. The predicted molar refractivity (Wildman–Crippen MR) is 106 cm³/mol. The summed E-state index contributed by atoms with van der Waals surface area (Å²) in [6.45, 7) is 3.67. The maximum atomic E-state index is 14.1. The molecular weight excluding hydrogens is 359 g/mol. The molecule has 2 aromatic carbocycles. The van der Waals surface area contributed by atoms with Gasteiger partial charge in [0.25, 0.3) is 0 Å². The van der Waals surface area contributed by atoms with Gasteiger partial charge in [-0.2, -0.15) is 5.10 Å². The number of benzene rings is 2. The normalized spacial score (nSPS) is 10.8. The molecule has 0 aliphatic heterocycles. The highest BCUT2D eigenvalue weighted by Crippen LogP contribution is 2.21. The number of aryl methyl sites for hydroxylation is 1. The number of nitrogens with zero attached hydrogens (tertiary/aromatic N) is 2. The summed E-state index contributed by atoms with van der Waals surface area (Å²) in [7, 11) is 0. The van der Waals surface area contributed by atoms with Gasteiger partial charge in [0.1, 0.15) is 5.82 Å². The smallest absolute Gasteiger partial charge is 0.318 e. The molecule has 28 heavy (non-hydrogen) atoms. The van der Waals surface area contributed by atoms with Crippen LogP contribution in [0.15, 0.2) is 65.8 Å². The van der Waals surface area contributed by atoms with Crippen molar-refractivity contribution in [2.24, 2.45) is 5.10 Å². The van der Waals surface area contributed by atoms with Crippen LogP contribution in [0.2, 0.25) is 0 Å². The number of hydrazone groups is 1. The van der Waals surface area contributed by atoms with Gasteiger partial charge in [-0.3, -0.25) is 9.59 Å². The van der Waals surface area contributed by atoms with E-state index in [0.717, 1.165) is 11.4 Å². The van der Waals surface area contributed by atoms with Gasteiger partial charge in [0.15, 0.2) is 0 Å². The third-order valence-corrected chi connectivity index (χ3v) is 4.17. The summed E-state index contributed by atoms with van der Waals surface area (Å²) in [6, 6.07) is 16.9. The van der Waals surface area contributed by atoms with Crippen LogP contribution in [0.3, 0.4) is 0 Å². The molecule has 0 unspecified atom stereocenters. The summed E-state index contributed by atoms with van der Waals surface area (Å²) in [5.41, 5.74) is 5.42. The highest BCUT2D eigenvalue weighted by Gasteiger charge is 2.14. The van der Waals surface area contributed by atoms with Crippen molar-refractivity contribution in [1.29, 1.82) is 0 Å². The molecular formula is C21H19FN4O2. The van der Waals surface area contributed by atoms with Gasteiger partial charge in [0.05, 0.1) is 11.9 Å². The average molecular weight is 378 g/mol. The second-order valence-electron chi connectivity index (χ2n) is 6.13. The van der Waals surface area contributed by atoms with Crippen LogP contribution in [-0.2, 0) is 9.59 Å². The molecule has 1 aromatic heterocycles. The monoisotopic (exact) mass is 378 g/mol. The number of para-hydroxylation sites is 2. The number of rotatable bonds is 4. The van der Waals surface area contributed by atoms with Gasteiger partial charge in [-0.1, -0.05) is 30.3 Å². The van der Waals surface area contributed by atoms with E-state index in [4.69, 9.17) is 0 Å². The zero-order valence-corrected chi connectivity index (χ0v) is 15.4. The Morgan fingerprint density at radius 3 is 2.39 bits per heavy atom. The lowest BCUT2D eigenvalue weighted by Crippen LogP contribution is -2.32. The molecule has 3 rings (SSSR count). The maximum absolute atomic E-state index is 14.1. The molecule has 7 heteroatoms. The van der Waals surface area contributed by atoms with Crippen LogP contribution in [-0.4, -0.2) is 22.6 Å². The predicted octanol–water partition coefficient (Wildman–Crippen LogP) is 3.32. The molecule has 1 heterocycles. The molecule has 0 atom stereocenters. The Morgan fingerprint density at radius 2 is 1.68 bits per heavy atom. The number of hydrogen-bond acceptors (Lipinski definition) is 3. The van der Waals surface area contributed by atoms with Crippen LogP contribution in [0, 0.1) is 19.7 Å². The van der Waals surface area contributed by atoms with Gasteiger partial charge in [-0.15, -0.1) is 0 Å². The molecule has 2 N–H and O–H groups in total. The third kappa shape index (κ3) is 4.15. The van der Waals surface area contributed by atoms with Gasteiger partial charge in [-0.05, 0) is 44.2 Å². The number of anilines is 1. The SMILES string of the molecule is Cc1cc(/C=N\NC(=O)C(=O)Nc2ccccc2)c(C)n1-c1ccccc1F. The first kappa shape index (κ1) is 19.0. The first-order valence-electron chi connectivity index (χ1n) is 8.60. The van der Waals surface area contributed by atoms with Crippen LogP contribution in [0.4, 0.5) is 10.1 Å². The van der Waals surface area contributed by atoms with Crippen molar-refractivity contribution >= 4 is 23.7 Å². The lowest BCUT2D eigenvalue weighted by molar-refractivity contribution is -0.136. The number of carbonyl (C=O) groups excluding carboxylic acids is 2. The Hall–Kier alpha value is -3.74. The number of carbonyl (C=O) groups is 2. The number of hydrogen-bond donors (Lipinski definition) is 2. The number of amides is 2. The number of nitrogens with one attached hydrogen (secondary N) is 2. The van der Waals surface area contributed by atoms with Crippen molar-refractivity contribution in [3.05, 3.63) is 83.4 Å². The van der Waals surface area contributed by atoms with Gasteiger partial charge in [0.2, 0.25) is 0 Å². The fourth-order valence-electron chi connectivity index (χ4n) is 2.84. The molecule has 0 aliphatic rings. The van der Waals surface area contributed by atoms with Gasteiger partial charge >= 0.3 is 11.8 Å². The van der Waals surface area contributed by atoms with Crippen molar-refractivity contribution in [2.45, 2.75) is 13.8 Å². The Balaban J connectivity index is 1.70. The van der Waals surface area contributed by atoms with Crippen LogP contribution in [0.25, 0.3) is 5.69 Å². The standard InChI is InChI=1S/C21H19FN4O2/c1-14-12-16(15(2)26(14)19-11-7-6-10-18(19)22)13-23-25-21(28)20(27)24-17-8-4-3-5-9-17/h3-13H,1-2H3,(H,24,27)(H,25,28)/b23-13-. The molecule has 0 bridgehead atoms. The van der Waals surface area contributed by atoms with Crippen LogP contribution >= 0.6 is 0 Å². The Morgan fingerprint density at radius 1 is 1.00 bits per heavy atom. The van der Waals surface area contributed by atoms with Gasteiger partial charge in [-0.25, -0.2) is 9.82 Å². The minimum absolute atomic E-state index is 0.335. The number of halogens is 1. The Kier molecular flexibility index (Phi) is 5.64.